The molecule has 0 aliphatic heterocycles. The topological polar surface area (TPSA) is 66.9 Å². The molecular formula is C14H12F2N4O. The van der Waals surface area contributed by atoms with E-state index >= 15 is 0 Å². The molecule has 0 unspecified atom stereocenters. The van der Waals surface area contributed by atoms with Crippen LogP contribution in [-0.2, 0) is 0 Å². The van der Waals surface area contributed by atoms with Gasteiger partial charge < -0.3 is 10.6 Å². The van der Waals surface area contributed by atoms with Crippen LogP contribution in [0.5, 0.6) is 0 Å². The summed E-state index contributed by atoms with van der Waals surface area (Å²) >= 11 is 0. The Morgan fingerprint density at radius 1 is 1.29 bits per heavy atom. The van der Waals surface area contributed by atoms with Crippen LogP contribution < -0.4 is 10.6 Å². The zero-order chi connectivity index (χ0) is 15.2. The number of hydrogen-bond acceptors (Lipinski definition) is 4. The summed E-state index contributed by atoms with van der Waals surface area (Å²) in [5, 5.41) is 5.03. The van der Waals surface area contributed by atoms with Crippen LogP contribution in [0.3, 0.4) is 0 Å². The van der Waals surface area contributed by atoms with E-state index in [0.29, 0.717) is 0 Å². The fourth-order valence-electron chi connectivity index (χ4n) is 1.55. The molecule has 0 fully saturated rings. The Bertz CT molecular complexity index is 656. The number of anilines is 2. The maximum absolute atomic E-state index is 13.5. The molecular weight excluding hydrogens is 278 g/mol. The van der Waals surface area contributed by atoms with Crippen molar-refractivity contribution in [3.8, 4) is 0 Å². The Kier molecular flexibility index (Phi) is 4.55. The Hall–Kier alpha value is -2.83. The van der Waals surface area contributed by atoms with Gasteiger partial charge in [-0.2, -0.15) is 0 Å². The summed E-state index contributed by atoms with van der Waals surface area (Å²) in [6.07, 6.45) is 2.65. The van der Waals surface area contributed by atoms with Crippen molar-refractivity contribution in [1.82, 2.24) is 15.3 Å². The van der Waals surface area contributed by atoms with Crippen LogP contribution in [-0.4, -0.2) is 22.4 Å². The lowest BCUT2D eigenvalue weighted by atomic mass is 10.3. The third kappa shape index (κ3) is 3.59. The van der Waals surface area contributed by atoms with Crippen molar-refractivity contribution >= 4 is 17.4 Å². The summed E-state index contributed by atoms with van der Waals surface area (Å²) in [7, 11) is 0. The second-order valence-corrected chi connectivity index (χ2v) is 4.01. The summed E-state index contributed by atoms with van der Waals surface area (Å²) < 4.78 is 27.1. The highest BCUT2D eigenvalue weighted by molar-refractivity contribution is 5.93. The molecule has 1 aromatic carbocycles. The largest absolute Gasteiger partial charge is 0.347 e. The molecule has 1 amide bonds. The van der Waals surface area contributed by atoms with Gasteiger partial charge in [0.1, 0.15) is 35.2 Å². The number of para-hydroxylation sites is 1. The number of hydrogen-bond donors (Lipinski definition) is 2. The van der Waals surface area contributed by atoms with Gasteiger partial charge in [-0.3, -0.25) is 4.79 Å². The van der Waals surface area contributed by atoms with E-state index in [2.05, 4.69) is 27.2 Å². The lowest BCUT2D eigenvalue weighted by molar-refractivity contribution is 0.0953. The first-order chi connectivity index (χ1) is 10.1. The van der Waals surface area contributed by atoms with Gasteiger partial charge >= 0.3 is 0 Å². The molecule has 0 bridgehead atoms. The molecule has 2 N–H and O–H groups in total. The van der Waals surface area contributed by atoms with Crippen LogP contribution in [0.15, 0.2) is 43.2 Å². The molecule has 0 atom stereocenters. The number of halogens is 2. The van der Waals surface area contributed by atoms with Gasteiger partial charge in [-0.05, 0) is 12.1 Å². The second-order valence-electron chi connectivity index (χ2n) is 4.01. The highest BCUT2D eigenvalue weighted by Crippen LogP contribution is 2.21. The SMILES string of the molecule is C=CCNC(=O)c1cc(Nc2c(F)cccc2F)ncn1. The van der Waals surface area contributed by atoms with Crippen molar-refractivity contribution in [3.63, 3.8) is 0 Å². The minimum absolute atomic E-state index is 0.0751. The van der Waals surface area contributed by atoms with Gasteiger partial charge in [0.05, 0.1) is 0 Å². The lowest BCUT2D eigenvalue weighted by Gasteiger charge is -2.08. The van der Waals surface area contributed by atoms with E-state index in [1.54, 1.807) is 0 Å². The number of nitrogens with zero attached hydrogens (tertiary/aromatic N) is 2. The number of aromatic nitrogens is 2. The first kappa shape index (κ1) is 14.6. The number of benzene rings is 1. The molecule has 1 heterocycles. The Labute approximate surface area is 119 Å². The van der Waals surface area contributed by atoms with E-state index in [4.69, 9.17) is 0 Å². The Morgan fingerprint density at radius 3 is 2.67 bits per heavy atom. The number of rotatable bonds is 5. The highest BCUT2D eigenvalue weighted by atomic mass is 19.1. The molecule has 0 spiro atoms. The van der Waals surface area contributed by atoms with Crippen molar-refractivity contribution in [2.45, 2.75) is 0 Å². The van der Waals surface area contributed by atoms with E-state index < -0.39 is 17.5 Å². The van der Waals surface area contributed by atoms with Crippen molar-refractivity contribution in [2.75, 3.05) is 11.9 Å². The van der Waals surface area contributed by atoms with Crippen molar-refractivity contribution in [2.24, 2.45) is 0 Å². The maximum Gasteiger partial charge on any atom is 0.270 e. The van der Waals surface area contributed by atoms with Gasteiger partial charge in [-0.1, -0.05) is 12.1 Å². The van der Waals surface area contributed by atoms with Gasteiger partial charge in [-0.15, -0.1) is 6.58 Å². The minimum atomic E-state index is -0.758. The molecule has 1 aromatic heterocycles. The molecule has 0 aliphatic rings. The number of carbonyl (C=O) groups is 1. The van der Waals surface area contributed by atoms with Crippen LogP contribution in [0.25, 0.3) is 0 Å². The Morgan fingerprint density at radius 2 is 2.00 bits per heavy atom. The van der Waals surface area contributed by atoms with E-state index in [1.165, 1.54) is 18.2 Å². The van der Waals surface area contributed by atoms with E-state index in [9.17, 15) is 13.6 Å². The van der Waals surface area contributed by atoms with Gasteiger partial charge in [0.15, 0.2) is 0 Å². The average Bonchev–Trinajstić information content (AvgIpc) is 2.49. The fourth-order valence-corrected chi connectivity index (χ4v) is 1.55. The fraction of sp³-hybridized carbons (Fsp3) is 0.0714. The quantitative estimate of drug-likeness (QED) is 0.830. The van der Waals surface area contributed by atoms with Crippen LogP contribution in [0.1, 0.15) is 10.5 Å². The van der Waals surface area contributed by atoms with E-state index in [-0.39, 0.29) is 23.7 Å². The second kappa shape index (κ2) is 6.56. The van der Waals surface area contributed by atoms with Crippen molar-refractivity contribution in [1.29, 1.82) is 0 Å². The first-order valence-corrected chi connectivity index (χ1v) is 6.04. The van der Waals surface area contributed by atoms with Crippen LogP contribution in [0.2, 0.25) is 0 Å². The molecule has 2 aromatic rings. The minimum Gasteiger partial charge on any atom is -0.347 e. The standard InChI is InChI=1S/C14H12F2N4O/c1-2-6-17-14(21)11-7-12(19-8-18-11)20-13-9(15)4-3-5-10(13)16/h2-5,7-8H,1,6H2,(H,17,21)(H,18,19,20). The van der Waals surface area contributed by atoms with Crippen molar-refractivity contribution < 1.29 is 13.6 Å². The monoisotopic (exact) mass is 290 g/mol. The molecule has 108 valence electrons. The third-order valence-electron chi connectivity index (χ3n) is 2.52. The Balaban J connectivity index is 2.22. The summed E-state index contributed by atoms with van der Waals surface area (Å²) in [6, 6.07) is 4.78. The van der Waals surface area contributed by atoms with E-state index in [1.807, 2.05) is 0 Å². The normalized spacial score (nSPS) is 10.0. The smallest absolute Gasteiger partial charge is 0.270 e. The van der Waals surface area contributed by atoms with Gasteiger partial charge in [0, 0.05) is 12.6 Å². The molecule has 2 rings (SSSR count). The summed E-state index contributed by atoms with van der Waals surface area (Å²) in [5.74, 6) is -1.84. The summed E-state index contributed by atoms with van der Waals surface area (Å²) in [4.78, 5) is 19.3. The predicted molar refractivity (Wildman–Crippen MR) is 74.2 cm³/mol. The highest BCUT2D eigenvalue weighted by Gasteiger charge is 2.11. The lowest BCUT2D eigenvalue weighted by Crippen LogP contribution is -2.24. The first-order valence-electron chi connectivity index (χ1n) is 6.04. The number of carbonyl (C=O) groups excluding carboxylic acids is 1. The maximum atomic E-state index is 13.5. The van der Waals surface area contributed by atoms with Crippen LogP contribution in [0.4, 0.5) is 20.3 Å². The molecule has 0 saturated carbocycles. The molecule has 0 saturated heterocycles. The molecule has 5 nitrogen and oxygen atoms in total. The van der Waals surface area contributed by atoms with Gasteiger partial charge in [0.2, 0.25) is 0 Å². The van der Waals surface area contributed by atoms with Gasteiger partial charge in [0.25, 0.3) is 5.91 Å². The summed E-state index contributed by atoms with van der Waals surface area (Å²) in [5.41, 5.74) is -0.264. The number of nitrogens with one attached hydrogen (secondary N) is 2. The molecule has 7 heteroatoms. The van der Waals surface area contributed by atoms with Gasteiger partial charge in [-0.25, -0.2) is 18.7 Å². The zero-order valence-corrected chi connectivity index (χ0v) is 10.9. The third-order valence-corrected chi connectivity index (χ3v) is 2.52. The molecule has 21 heavy (non-hydrogen) atoms. The summed E-state index contributed by atoms with van der Waals surface area (Å²) in [6.45, 7) is 3.76. The molecule has 0 aliphatic carbocycles. The zero-order valence-electron chi connectivity index (χ0n) is 10.9. The average molecular weight is 290 g/mol. The van der Waals surface area contributed by atoms with Crippen LogP contribution >= 0.6 is 0 Å². The van der Waals surface area contributed by atoms with E-state index in [0.717, 1.165) is 18.5 Å². The van der Waals surface area contributed by atoms with Crippen molar-refractivity contribution in [3.05, 3.63) is 60.6 Å². The predicted octanol–water partition coefficient (Wildman–Crippen LogP) is 2.41. The van der Waals surface area contributed by atoms with Crippen LogP contribution in [0, 0.1) is 11.6 Å². The number of amides is 1. The molecule has 0 radical (unpaired) electrons.